The summed E-state index contributed by atoms with van der Waals surface area (Å²) in [5.74, 6) is 1.77. The van der Waals surface area contributed by atoms with E-state index in [-0.39, 0.29) is 11.2 Å². The van der Waals surface area contributed by atoms with Gasteiger partial charge in [-0.1, -0.05) is 19.9 Å². The molecule has 0 bridgehead atoms. The Labute approximate surface area is 168 Å². The molecular formula is C19H32N6O2S. The van der Waals surface area contributed by atoms with Gasteiger partial charge in [-0.25, -0.2) is 13.4 Å². The molecule has 1 aromatic heterocycles. The quantitative estimate of drug-likeness (QED) is 0.574. The van der Waals surface area contributed by atoms with Crippen molar-refractivity contribution in [1.82, 2.24) is 19.5 Å². The summed E-state index contributed by atoms with van der Waals surface area (Å²) in [5, 5.41) is 3.23. The Balaban J connectivity index is 1.47. The second kappa shape index (κ2) is 8.65. The fourth-order valence-electron chi connectivity index (χ4n) is 3.78. The van der Waals surface area contributed by atoms with Crippen LogP contribution in [0.25, 0.3) is 0 Å². The number of aliphatic imine (C=N–C) groups is 1. The highest BCUT2D eigenvalue weighted by molar-refractivity contribution is 7.89. The third-order valence-electron chi connectivity index (χ3n) is 5.44. The topological polar surface area (TPSA) is 81.1 Å². The van der Waals surface area contributed by atoms with Crippen LogP contribution in [0.4, 0.5) is 5.82 Å². The number of hydrogen-bond donors (Lipinski definition) is 1. The van der Waals surface area contributed by atoms with Gasteiger partial charge in [0.2, 0.25) is 10.0 Å². The van der Waals surface area contributed by atoms with Crippen LogP contribution in [0.1, 0.15) is 20.3 Å². The van der Waals surface area contributed by atoms with Gasteiger partial charge in [0.1, 0.15) is 5.82 Å². The first-order valence-corrected chi connectivity index (χ1v) is 11.5. The van der Waals surface area contributed by atoms with Gasteiger partial charge < -0.3 is 15.1 Å². The molecule has 1 aromatic rings. The van der Waals surface area contributed by atoms with Crippen LogP contribution in [0, 0.1) is 5.41 Å². The van der Waals surface area contributed by atoms with Crippen molar-refractivity contribution in [2.75, 3.05) is 63.5 Å². The minimum Gasteiger partial charge on any atom is -0.355 e. The zero-order chi connectivity index (χ0) is 20.2. The normalized spacial score (nSPS) is 21.2. The first kappa shape index (κ1) is 20.9. The van der Waals surface area contributed by atoms with Gasteiger partial charge in [-0.2, -0.15) is 4.31 Å². The van der Waals surface area contributed by atoms with Crippen LogP contribution >= 0.6 is 0 Å². The van der Waals surface area contributed by atoms with E-state index in [2.05, 4.69) is 38.9 Å². The van der Waals surface area contributed by atoms with Crippen LogP contribution < -0.4 is 10.2 Å². The number of sulfonamides is 1. The first-order valence-electron chi connectivity index (χ1n) is 9.90. The molecule has 0 unspecified atom stereocenters. The van der Waals surface area contributed by atoms with Crippen LogP contribution in [-0.4, -0.2) is 87.2 Å². The molecule has 2 fully saturated rings. The second-order valence-corrected chi connectivity index (χ2v) is 10.3. The molecular weight excluding hydrogens is 376 g/mol. The molecule has 28 heavy (non-hydrogen) atoms. The molecule has 0 aliphatic carbocycles. The van der Waals surface area contributed by atoms with Crippen molar-refractivity contribution < 1.29 is 8.42 Å². The summed E-state index contributed by atoms with van der Waals surface area (Å²) in [6.45, 7) is 9.06. The molecule has 0 saturated carbocycles. The molecule has 2 saturated heterocycles. The van der Waals surface area contributed by atoms with Crippen LogP contribution in [-0.2, 0) is 10.0 Å². The molecule has 0 amide bonds. The largest absolute Gasteiger partial charge is 0.355 e. The maximum atomic E-state index is 12.7. The third kappa shape index (κ3) is 5.14. The fourth-order valence-corrected chi connectivity index (χ4v) is 5.12. The monoisotopic (exact) mass is 408 g/mol. The molecule has 0 atom stereocenters. The summed E-state index contributed by atoms with van der Waals surface area (Å²) < 4.78 is 27.0. The number of anilines is 1. The van der Waals surface area contributed by atoms with Crippen LogP contribution in [0.3, 0.4) is 0 Å². The Bertz CT molecular complexity index is 773. The molecule has 0 aromatic carbocycles. The number of aromatic nitrogens is 1. The van der Waals surface area contributed by atoms with Gasteiger partial charge in [0.15, 0.2) is 5.96 Å². The Kier molecular flexibility index (Phi) is 6.44. The van der Waals surface area contributed by atoms with Gasteiger partial charge >= 0.3 is 0 Å². The maximum Gasteiger partial charge on any atom is 0.215 e. The summed E-state index contributed by atoms with van der Waals surface area (Å²) in [7, 11) is -1.54. The van der Waals surface area contributed by atoms with Crippen LogP contribution in [0.2, 0.25) is 0 Å². The molecule has 0 radical (unpaired) electrons. The highest BCUT2D eigenvalue weighted by Gasteiger charge is 2.31. The van der Waals surface area contributed by atoms with E-state index in [0.29, 0.717) is 32.7 Å². The smallest absolute Gasteiger partial charge is 0.215 e. The highest BCUT2D eigenvalue weighted by Crippen LogP contribution is 2.28. The first-order chi connectivity index (χ1) is 13.3. The van der Waals surface area contributed by atoms with Gasteiger partial charge in [0.25, 0.3) is 0 Å². The standard InChI is InChI=1S/C19H32N6O2S/c1-19(2)7-10-24(16-19)18(20-3)22-9-15-28(26,27)25-13-11-23(12-14-25)17-6-4-5-8-21-17/h4-6,8H,7,9-16H2,1-3H3,(H,20,22). The van der Waals surface area contributed by atoms with Crippen molar-refractivity contribution in [3.05, 3.63) is 24.4 Å². The van der Waals surface area contributed by atoms with E-state index in [0.717, 1.165) is 31.3 Å². The summed E-state index contributed by atoms with van der Waals surface area (Å²) in [6.07, 6.45) is 2.88. The molecule has 1 N–H and O–H groups in total. The number of nitrogens with one attached hydrogen (secondary N) is 1. The minimum atomic E-state index is -3.29. The summed E-state index contributed by atoms with van der Waals surface area (Å²) in [5.41, 5.74) is 0.275. The lowest BCUT2D eigenvalue weighted by molar-refractivity contribution is 0.370. The zero-order valence-corrected chi connectivity index (χ0v) is 18.0. The Morgan fingerprint density at radius 2 is 1.96 bits per heavy atom. The minimum absolute atomic E-state index is 0.0762. The second-order valence-electron chi connectivity index (χ2n) is 8.20. The number of guanidine groups is 1. The van der Waals surface area contributed by atoms with E-state index in [1.54, 1.807) is 17.5 Å². The molecule has 156 valence electrons. The van der Waals surface area contributed by atoms with E-state index in [1.165, 1.54) is 0 Å². The molecule has 2 aliphatic heterocycles. The van der Waals surface area contributed by atoms with Crippen molar-refractivity contribution >= 4 is 21.8 Å². The molecule has 3 rings (SSSR count). The molecule has 8 nitrogen and oxygen atoms in total. The van der Waals surface area contributed by atoms with Gasteiger partial charge in [-0.3, -0.25) is 4.99 Å². The summed E-state index contributed by atoms with van der Waals surface area (Å²) in [6, 6.07) is 5.79. The fraction of sp³-hybridized carbons (Fsp3) is 0.684. The Morgan fingerprint density at radius 3 is 2.54 bits per heavy atom. The summed E-state index contributed by atoms with van der Waals surface area (Å²) in [4.78, 5) is 13.0. The molecule has 0 spiro atoms. The number of pyridine rings is 1. The number of nitrogens with zero attached hydrogens (tertiary/aromatic N) is 5. The average Bonchev–Trinajstić information content (AvgIpc) is 3.05. The number of piperazine rings is 1. The predicted molar refractivity (Wildman–Crippen MR) is 113 cm³/mol. The van der Waals surface area contributed by atoms with E-state index in [4.69, 9.17) is 0 Å². The van der Waals surface area contributed by atoms with Crippen molar-refractivity contribution in [3.63, 3.8) is 0 Å². The van der Waals surface area contributed by atoms with Gasteiger partial charge in [0, 0.05) is 59.1 Å². The van der Waals surface area contributed by atoms with Crippen molar-refractivity contribution in [2.24, 2.45) is 10.4 Å². The number of likely N-dealkylation sites (tertiary alicyclic amines) is 1. The van der Waals surface area contributed by atoms with E-state index >= 15 is 0 Å². The van der Waals surface area contributed by atoms with Crippen molar-refractivity contribution in [3.8, 4) is 0 Å². The molecule has 3 heterocycles. The van der Waals surface area contributed by atoms with Gasteiger partial charge in [-0.15, -0.1) is 0 Å². The Morgan fingerprint density at radius 1 is 1.21 bits per heavy atom. The molecule has 2 aliphatic rings. The lowest BCUT2D eigenvalue weighted by Gasteiger charge is -2.34. The maximum absolute atomic E-state index is 12.7. The van der Waals surface area contributed by atoms with Gasteiger partial charge in [0.05, 0.1) is 5.75 Å². The third-order valence-corrected chi connectivity index (χ3v) is 7.31. The van der Waals surface area contributed by atoms with Crippen molar-refractivity contribution in [1.29, 1.82) is 0 Å². The van der Waals surface area contributed by atoms with Crippen LogP contribution in [0.5, 0.6) is 0 Å². The highest BCUT2D eigenvalue weighted by atomic mass is 32.2. The number of rotatable bonds is 5. The molecule has 9 heteroatoms. The van der Waals surface area contributed by atoms with E-state index in [9.17, 15) is 8.42 Å². The predicted octanol–water partition coefficient (Wildman–Crippen LogP) is 0.841. The average molecular weight is 409 g/mol. The number of hydrogen-bond acceptors (Lipinski definition) is 5. The SMILES string of the molecule is CN=C(NCCS(=O)(=O)N1CCN(c2ccccn2)CC1)N1CCC(C)(C)C1. The van der Waals surface area contributed by atoms with Crippen LogP contribution in [0.15, 0.2) is 29.4 Å². The lowest BCUT2D eigenvalue weighted by Crippen LogP contribution is -2.50. The van der Waals surface area contributed by atoms with E-state index in [1.807, 2.05) is 18.2 Å². The summed E-state index contributed by atoms with van der Waals surface area (Å²) >= 11 is 0. The van der Waals surface area contributed by atoms with Crippen molar-refractivity contribution in [2.45, 2.75) is 20.3 Å². The lowest BCUT2D eigenvalue weighted by atomic mass is 9.93. The van der Waals surface area contributed by atoms with E-state index < -0.39 is 10.0 Å². The Hall–Kier alpha value is -1.87. The zero-order valence-electron chi connectivity index (χ0n) is 17.1. The van der Waals surface area contributed by atoms with Gasteiger partial charge in [-0.05, 0) is 24.0 Å².